The topological polar surface area (TPSA) is 66.3 Å². The van der Waals surface area contributed by atoms with Crippen molar-refractivity contribution in [3.8, 4) is 0 Å². The number of nitrogens with zero attached hydrogens (tertiary/aromatic N) is 1. The first-order valence-electron chi connectivity index (χ1n) is 5.46. The summed E-state index contributed by atoms with van der Waals surface area (Å²) in [5.41, 5.74) is 3.28. The maximum absolute atomic E-state index is 5.98. The first-order chi connectivity index (χ1) is 7.77. The third-order valence-electron chi connectivity index (χ3n) is 2.79. The number of hydrazine groups is 1. The van der Waals surface area contributed by atoms with Gasteiger partial charge in [-0.15, -0.1) is 0 Å². The van der Waals surface area contributed by atoms with Crippen molar-refractivity contribution in [2.24, 2.45) is 5.84 Å². The minimum atomic E-state index is 0.0575. The van der Waals surface area contributed by atoms with Crippen molar-refractivity contribution in [3.63, 3.8) is 0 Å². The Labute approximate surface area is 95.2 Å². The van der Waals surface area contributed by atoms with Crippen LogP contribution in [0.4, 0.5) is 0 Å². The van der Waals surface area contributed by atoms with Gasteiger partial charge in [0.2, 0.25) is 0 Å². The Morgan fingerprint density at radius 2 is 2.44 bits per heavy atom. The van der Waals surface area contributed by atoms with Crippen molar-refractivity contribution in [2.75, 3.05) is 20.3 Å². The SMILES string of the molecule is CCOCC1c2[nH]ccc2C(NC)=CN1N. The maximum Gasteiger partial charge on any atom is 0.108 e. The number of aromatic amines is 1. The predicted octanol–water partition coefficient (Wildman–Crippen LogP) is 0.799. The minimum absolute atomic E-state index is 0.0575. The van der Waals surface area contributed by atoms with E-state index in [4.69, 9.17) is 10.6 Å². The highest BCUT2D eigenvalue weighted by atomic mass is 16.5. The lowest BCUT2D eigenvalue weighted by Gasteiger charge is -2.31. The molecular formula is C11H18N4O. The number of fused-ring (bicyclic) bond motifs is 1. The standard InChI is InChI=1S/C11H18N4O/c1-3-16-7-10-11-8(4-5-14-11)9(13-2)6-15(10)12/h4-6,10,13-14H,3,7,12H2,1-2H3. The summed E-state index contributed by atoms with van der Waals surface area (Å²) in [5, 5.41) is 4.81. The normalized spacial score (nSPS) is 19.3. The summed E-state index contributed by atoms with van der Waals surface area (Å²) in [6, 6.07) is 2.10. The summed E-state index contributed by atoms with van der Waals surface area (Å²) in [4.78, 5) is 3.23. The van der Waals surface area contributed by atoms with Gasteiger partial charge in [-0.05, 0) is 13.0 Å². The van der Waals surface area contributed by atoms with E-state index in [0.717, 1.165) is 17.0 Å². The molecule has 0 aromatic carbocycles. The van der Waals surface area contributed by atoms with Crippen LogP contribution in [0.15, 0.2) is 18.5 Å². The summed E-state index contributed by atoms with van der Waals surface area (Å²) in [6.45, 7) is 3.27. The molecule has 1 aliphatic rings. The molecule has 1 unspecified atom stereocenters. The second-order valence-corrected chi connectivity index (χ2v) is 3.72. The molecular weight excluding hydrogens is 204 g/mol. The maximum atomic E-state index is 5.98. The summed E-state index contributed by atoms with van der Waals surface area (Å²) in [5.74, 6) is 5.98. The fraction of sp³-hybridized carbons (Fsp3) is 0.455. The largest absolute Gasteiger partial charge is 0.386 e. The number of hydrogen-bond donors (Lipinski definition) is 3. The third-order valence-corrected chi connectivity index (χ3v) is 2.79. The van der Waals surface area contributed by atoms with Gasteiger partial charge in [0, 0.05) is 31.6 Å². The molecule has 5 heteroatoms. The number of ether oxygens (including phenoxy) is 1. The first kappa shape index (κ1) is 11.0. The van der Waals surface area contributed by atoms with Crippen LogP contribution >= 0.6 is 0 Å². The molecule has 0 aliphatic carbocycles. The van der Waals surface area contributed by atoms with Gasteiger partial charge < -0.3 is 20.0 Å². The first-order valence-corrected chi connectivity index (χ1v) is 5.46. The van der Waals surface area contributed by atoms with Crippen LogP contribution in [0.1, 0.15) is 24.2 Å². The van der Waals surface area contributed by atoms with E-state index < -0.39 is 0 Å². The molecule has 16 heavy (non-hydrogen) atoms. The summed E-state index contributed by atoms with van der Waals surface area (Å²) in [7, 11) is 1.89. The molecule has 1 atom stereocenters. The van der Waals surface area contributed by atoms with Crippen LogP contribution < -0.4 is 11.2 Å². The zero-order valence-electron chi connectivity index (χ0n) is 9.66. The van der Waals surface area contributed by atoms with Crippen LogP contribution in [-0.4, -0.2) is 30.3 Å². The molecule has 88 valence electrons. The van der Waals surface area contributed by atoms with Gasteiger partial charge in [0.25, 0.3) is 0 Å². The smallest absolute Gasteiger partial charge is 0.108 e. The van der Waals surface area contributed by atoms with Gasteiger partial charge in [0.05, 0.1) is 18.0 Å². The van der Waals surface area contributed by atoms with Crippen molar-refractivity contribution in [2.45, 2.75) is 13.0 Å². The second-order valence-electron chi connectivity index (χ2n) is 3.72. The Hall–Kier alpha value is -1.46. The number of aromatic nitrogens is 1. The Kier molecular flexibility index (Phi) is 3.17. The molecule has 0 spiro atoms. The lowest BCUT2D eigenvalue weighted by atomic mass is 10.0. The highest BCUT2D eigenvalue weighted by Gasteiger charge is 2.26. The van der Waals surface area contributed by atoms with E-state index in [0.29, 0.717) is 13.2 Å². The van der Waals surface area contributed by atoms with Crippen molar-refractivity contribution < 1.29 is 4.74 Å². The molecule has 2 heterocycles. The van der Waals surface area contributed by atoms with Crippen molar-refractivity contribution in [3.05, 3.63) is 29.7 Å². The van der Waals surface area contributed by atoms with Crippen molar-refractivity contribution in [1.82, 2.24) is 15.3 Å². The van der Waals surface area contributed by atoms with E-state index in [-0.39, 0.29) is 6.04 Å². The van der Waals surface area contributed by atoms with Crippen LogP contribution in [-0.2, 0) is 4.74 Å². The predicted molar refractivity (Wildman–Crippen MR) is 63.1 cm³/mol. The van der Waals surface area contributed by atoms with Gasteiger partial charge in [-0.1, -0.05) is 0 Å². The Morgan fingerprint density at radius 3 is 3.12 bits per heavy atom. The van der Waals surface area contributed by atoms with Crippen LogP contribution in [0.2, 0.25) is 0 Å². The van der Waals surface area contributed by atoms with Gasteiger partial charge >= 0.3 is 0 Å². The van der Waals surface area contributed by atoms with Gasteiger partial charge in [-0.2, -0.15) is 0 Å². The van der Waals surface area contributed by atoms with E-state index in [1.165, 1.54) is 0 Å². The van der Waals surface area contributed by atoms with E-state index in [1.807, 2.05) is 32.4 Å². The summed E-state index contributed by atoms with van der Waals surface area (Å²) < 4.78 is 5.45. The van der Waals surface area contributed by atoms with Gasteiger partial charge in [-0.3, -0.25) is 0 Å². The average Bonchev–Trinajstić information content (AvgIpc) is 2.76. The van der Waals surface area contributed by atoms with Crippen LogP contribution in [0.3, 0.4) is 0 Å². The monoisotopic (exact) mass is 222 g/mol. The Morgan fingerprint density at radius 1 is 1.62 bits per heavy atom. The van der Waals surface area contributed by atoms with E-state index >= 15 is 0 Å². The lowest BCUT2D eigenvalue weighted by Crippen LogP contribution is -2.37. The van der Waals surface area contributed by atoms with Crippen LogP contribution in [0, 0.1) is 0 Å². The molecule has 0 fully saturated rings. The minimum Gasteiger partial charge on any atom is -0.386 e. The fourth-order valence-electron chi connectivity index (χ4n) is 1.95. The molecule has 2 rings (SSSR count). The van der Waals surface area contributed by atoms with Crippen LogP contribution in [0.25, 0.3) is 5.70 Å². The molecule has 0 saturated carbocycles. The Balaban J connectivity index is 2.28. The number of hydrogen-bond acceptors (Lipinski definition) is 4. The molecule has 1 aromatic heterocycles. The van der Waals surface area contributed by atoms with Gasteiger partial charge in [-0.25, -0.2) is 5.84 Å². The lowest BCUT2D eigenvalue weighted by molar-refractivity contribution is 0.0833. The molecule has 1 aromatic rings. The molecule has 4 N–H and O–H groups in total. The van der Waals surface area contributed by atoms with E-state index in [1.54, 1.807) is 5.01 Å². The zero-order chi connectivity index (χ0) is 11.5. The highest BCUT2D eigenvalue weighted by Crippen LogP contribution is 2.30. The number of nitrogens with two attached hydrogens (primary N) is 1. The number of H-pyrrole nitrogens is 1. The van der Waals surface area contributed by atoms with E-state index in [2.05, 4.69) is 10.3 Å². The van der Waals surface area contributed by atoms with E-state index in [9.17, 15) is 0 Å². The second kappa shape index (κ2) is 4.59. The summed E-state index contributed by atoms with van der Waals surface area (Å²) in [6.07, 6.45) is 3.83. The third kappa shape index (κ3) is 1.79. The number of nitrogens with one attached hydrogen (secondary N) is 2. The molecule has 0 saturated heterocycles. The molecule has 0 amide bonds. The van der Waals surface area contributed by atoms with Crippen LogP contribution in [0.5, 0.6) is 0 Å². The molecule has 0 bridgehead atoms. The quantitative estimate of drug-likeness (QED) is 0.659. The molecule has 5 nitrogen and oxygen atoms in total. The van der Waals surface area contributed by atoms with Gasteiger partial charge in [0.15, 0.2) is 0 Å². The molecule has 0 radical (unpaired) electrons. The van der Waals surface area contributed by atoms with Crippen molar-refractivity contribution >= 4 is 5.70 Å². The van der Waals surface area contributed by atoms with Gasteiger partial charge in [0.1, 0.15) is 6.04 Å². The number of rotatable bonds is 4. The molecule has 1 aliphatic heterocycles. The highest BCUT2D eigenvalue weighted by molar-refractivity contribution is 5.67. The van der Waals surface area contributed by atoms with Crippen molar-refractivity contribution in [1.29, 1.82) is 0 Å². The summed E-state index contributed by atoms with van der Waals surface area (Å²) >= 11 is 0. The average molecular weight is 222 g/mol. The fourth-order valence-corrected chi connectivity index (χ4v) is 1.95. The zero-order valence-corrected chi connectivity index (χ0v) is 9.66. The Bertz CT molecular complexity index is 385.